The summed E-state index contributed by atoms with van der Waals surface area (Å²) in [5.74, 6) is 1.15. The summed E-state index contributed by atoms with van der Waals surface area (Å²) in [5.41, 5.74) is 0.457. The molecule has 0 spiro atoms. The van der Waals surface area contributed by atoms with Gasteiger partial charge in [-0.1, -0.05) is 24.6 Å². The molecule has 1 aromatic carbocycles. The Bertz CT molecular complexity index is 714. The summed E-state index contributed by atoms with van der Waals surface area (Å²) in [5, 5.41) is 0.332. The van der Waals surface area contributed by atoms with E-state index in [2.05, 4.69) is 4.72 Å². The molecule has 0 aromatic heterocycles. The Morgan fingerprint density at radius 2 is 1.91 bits per heavy atom. The van der Waals surface area contributed by atoms with Crippen LogP contribution >= 0.6 is 11.8 Å². The van der Waals surface area contributed by atoms with Crippen LogP contribution in [0.3, 0.4) is 0 Å². The van der Waals surface area contributed by atoms with Crippen molar-refractivity contribution in [2.24, 2.45) is 11.8 Å². The van der Waals surface area contributed by atoms with Gasteiger partial charge in [0.15, 0.2) is 0 Å². The Labute approximate surface area is 142 Å². The number of thioether (sulfide) groups is 1. The van der Waals surface area contributed by atoms with Crippen molar-refractivity contribution in [3.05, 3.63) is 29.8 Å². The second-order valence-corrected chi connectivity index (χ2v) is 9.99. The maximum Gasteiger partial charge on any atom is 0.241 e. The zero-order valence-corrected chi connectivity index (χ0v) is 15.3. The first kappa shape index (κ1) is 17.0. The molecule has 1 saturated heterocycles. The van der Waals surface area contributed by atoms with Gasteiger partial charge in [0, 0.05) is 28.9 Å². The summed E-state index contributed by atoms with van der Waals surface area (Å²) in [6, 6.07) is 6.87. The highest BCUT2D eigenvalue weighted by molar-refractivity contribution is 8.00. The van der Waals surface area contributed by atoms with Crippen LogP contribution in [0.25, 0.3) is 0 Å². The quantitative estimate of drug-likeness (QED) is 0.907. The Morgan fingerprint density at radius 1 is 1.26 bits per heavy atom. The summed E-state index contributed by atoms with van der Waals surface area (Å²) in [7, 11) is -3.58. The average Bonchev–Trinajstić information content (AvgIpc) is 2.48. The van der Waals surface area contributed by atoms with E-state index in [0.717, 1.165) is 12.0 Å². The summed E-state index contributed by atoms with van der Waals surface area (Å²) in [4.78, 5) is 12.5. The fraction of sp³-hybridized carbons (Fsp3) is 0.588. The number of carbonyl (C=O) groups is 1. The number of nitrogens with one attached hydrogen (secondary N) is 1. The van der Waals surface area contributed by atoms with Gasteiger partial charge in [0.1, 0.15) is 5.78 Å². The zero-order valence-electron chi connectivity index (χ0n) is 13.7. The van der Waals surface area contributed by atoms with E-state index in [1.165, 1.54) is 0 Å². The normalized spacial score (nSPS) is 34.4. The number of fused-ring (bicyclic) bond motifs is 2. The molecule has 2 aliphatic rings. The van der Waals surface area contributed by atoms with E-state index in [-0.39, 0.29) is 22.5 Å². The number of hydrogen-bond acceptors (Lipinski definition) is 4. The molecule has 4 nitrogen and oxygen atoms in total. The SMILES string of the molecule is Cc1ccc(S(=O)(=O)N[C@]2(C)CS[C@H]3C[C@@H]2CC(=O)[C@H]3C)cc1. The fourth-order valence-corrected chi connectivity index (χ4v) is 6.73. The summed E-state index contributed by atoms with van der Waals surface area (Å²) < 4.78 is 28.3. The van der Waals surface area contributed by atoms with Crippen molar-refractivity contribution in [2.75, 3.05) is 5.75 Å². The lowest BCUT2D eigenvalue weighted by Crippen LogP contribution is -2.59. The first-order chi connectivity index (χ1) is 10.7. The Hall–Kier alpha value is -0.850. The lowest BCUT2D eigenvalue weighted by molar-refractivity contribution is -0.126. The van der Waals surface area contributed by atoms with Gasteiger partial charge in [-0.15, -0.1) is 0 Å². The molecule has 126 valence electrons. The number of carbonyl (C=O) groups excluding carboxylic acids is 1. The van der Waals surface area contributed by atoms with Gasteiger partial charge in [-0.25, -0.2) is 13.1 Å². The largest absolute Gasteiger partial charge is 0.299 e. The van der Waals surface area contributed by atoms with Crippen molar-refractivity contribution in [3.63, 3.8) is 0 Å². The monoisotopic (exact) mass is 353 g/mol. The van der Waals surface area contributed by atoms with Crippen LogP contribution in [-0.4, -0.2) is 30.7 Å². The van der Waals surface area contributed by atoms with Crippen LogP contribution in [0.4, 0.5) is 0 Å². The third-order valence-electron chi connectivity index (χ3n) is 5.23. The minimum atomic E-state index is -3.58. The van der Waals surface area contributed by atoms with Crippen LogP contribution in [0.15, 0.2) is 29.2 Å². The predicted octanol–water partition coefficient (Wildman–Crippen LogP) is 2.76. The second-order valence-electron chi connectivity index (χ2n) is 7.08. The number of ketones is 1. The van der Waals surface area contributed by atoms with Crippen molar-refractivity contribution >= 4 is 27.6 Å². The standard InChI is InChI=1S/C17H23NO3S2/c1-11-4-6-14(7-5-11)23(20,21)18-17(3)10-22-16-9-13(17)8-15(19)12(16)2/h4-7,12-13,16,18H,8-10H2,1-3H3/t12-,13+,16+,17-/m1/s1. The molecule has 1 N–H and O–H groups in total. The molecule has 1 aliphatic heterocycles. The van der Waals surface area contributed by atoms with Gasteiger partial charge in [0.25, 0.3) is 0 Å². The van der Waals surface area contributed by atoms with E-state index >= 15 is 0 Å². The van der Waals surface area contributed by atoms with Gasteiger partial charge in [-0.3, -0.25) is 4.79 Å². The molecule has 0 radical (unpaired) electrons. The Balaban J connectivity index is 1.84. The van der Waals surface area contributed by atoms with Crippen molar-refractivity contribution in [1.82, 2.24) is 4.72 Å². The Kier molecular flexibility index (Phi) is 4.36. The van der Waals surface area contributed by atoms with Gasteiger partial charge in [0.05, 0.1) is 4.90 Å². The van der Waals surface area contributed by atoms with E-state index in [4.69, 9.17) is 0 Å². The lowest BCUT2D eigenvalue weighted by Gasteiger charge is -2.48. The molecule has 2 fully saturated rings. The van der Waals surface area contributed by atoms with Crippen LogP contribution in [0, 0.1) is 18.8 Å². The number of sulfonamides is 1. The van der Waals surface area contributed by atoms with Crippen molar-refractivity contribution in [2.45, 2.75) is 49.3 Å². The van der Waals surface area contributed by atoms with Gasteiger partial charge in [-0.05, 0) is 38.3 Å². The van der Waals surface area contributed by atoms with Crippen LogP contribution in [0.2, 0.25) is 0 Å². The zero-order chi connectivity index (χ0) is 16.8. The summed E-state index contributed by atoms with van der Waals surface area (Å²) in [6.07, 6.45) is 1.38. The minimum absolute atomic E-state index is 0.0812. The van der Waals surface area contributed by atoms with Crippen molar-refractivity contribution < 1.29 is 13.2 Å². The number of Topliss-reactive ketones (excluding diaryl/α,β-unsaturated/α-hetero) is 1. The molecule has 23 heavy (non-hydrogen) atoms. The fourth-order valence-electron chi connectivity index (χ4n) is 3.50. The number of benzene rings is 1. The highest BCUT2D eigenvalue weighted by atomic mass is 32.2. The van der Waals surface area contributed by atoms with Crippen LogP contribution in [0.1, 0.15) is 32.3 Å². The van der Waals surface area contributed by atoms with E-state index in [1.54, 1.807) is 36.0 Å². The summed E-state index contributed by atoms with van der Waals surface area (Å²) >= 11 is 1.73. The van der Waals surface area contributed by atoms with Crippen LogP contribution in [0.5, 0.6) is 0 Å². The van der Waals surface area contributed by atoms with Gasteiger partial charge in [-0.2, -0.15) is 11.8 Å². The van der Waals surface area contributed by atoms with Crippen molar-refractivity contribution in [1.29, 1.82) is 0 Å². The first-order valence-electron chi connectivity index (χ1n) is 7.96. The van der Waals surface area contributed by atoms with Crippen LogP contribution in [-0.2, 0) is 14.8 Å². The van der Waals surface area contributed by atoms with E-state index in [0.29, 0.717) is 17.4 Å². The molecular weight excluding hydrogens is 330 g/mol. The number of hydrogen-bond donors (Lipinski definition) is 1. The Morgan fingerprint density at radius 3 is 2.57 bits per heavy atom. The van der Waals surface area contributed by atoms with E-state index in [9.17, 15) is 13.2 Å². The third-order valence-corrected chi connectivity index (χ3v) is 8.65. The molecule has 6 heteroatoms. The predicted molar refractivity (Wildman–Crippen MR) is 93.0 cm³/mol. The van der Waals surface area contributed by atoms with Gasteiger partial charge >= 0.3 is 0 Å². The molecule has 1 heterocycles. The molecule has 1 aliphatic carbocycles. The van der Waals surface area contributed by atoms with Crippen molar-refractivity contribution in [3.8, 4) is 0 Å². The second kappa shape index (κ2) is 5.90. The molecule has 0 amide bonds. The first-order valence-corrected chi connectivity index (χ1v) is 10.5. The molecular formula is C17H23NO3S2. The van der Waals surface area contributed by atoms with E-state index in [1.807, 2.05) is 20.8 Å². The molecule has 2 bridgehead atoms. The van der Waals surface area contributed by atoms with E-state index < -0.39 is 15.6 Å². The molecule has 1 aromatic rings. The molecule has 3 rings (SSSR count). The lowest BCUT2D eigenvalue weighted by atomic mass is 9.72. The third kappa shape index (κ3) is 3.21. The maximum atomic E-state index is 12.7. The molecule has 0 unspecified atom stereocenters. The highest BCUT2D eigenvalue weighted by Crippen LogP contribution is 2.46. The topological polar surface area (TPSA) is 63.2 Å². The molecule has 1 saturated carbocycles. The molecule has 4 atom stereocenters. The number of aryl methyl sites for hydroxylation is 1. The average molecular weight is 354 g/mol. The number of rotatable bonds is 3. The highest BCUT2D eigenvalue weighted by Gasteiger charge is 2.49. The smallest absolute Gasteiger partial charge is 0.241 e. The summed E-state index contributed by atoms with van der Waals surface area (Å²) in [6.45, 7) is 5.86. The maximum absolute atomic E-state index is 12.7. The van der Waals surface area contributed by atoms with Gasteiger partial charge in [0.2, 0.25) is 10.0 Å². The van der Waals surface area contributed by atoms with Gasteiger partial charge < -0.3 is 0 Å². The minimum Gasteiger partial charge on any atom is -0.299 e. The van der Waals surface area contributed by atoms with Crippen LogP contribution < -0.4 is 4.72 Å².